The molecule has 0 saturated heterocycles. The lowest BCUT2D eigenvalue weighted by Gasteiger charge is -2.10. The molecule has 26 heavy (non-hydrogen) atoms. The predicted molar refractivity (Wildman–Crippen MR) is 96.7 cm³/mol. The van der Waals surface area contributed by atoms with E-state index in [0.29, 0.717) is 5.69 Å². The zero-order chi connectivity index (χ0) is 17.9. The second-order valence-electron chi connectivity index (χ2n) is 5.53. The Balaban J connectivity index is 1.62. The van der Waals surface area contributed by atoms with Crippen molar-refractivity contribution in [3.8, 4) is 0 Å². The first-order valence-corrected chi connectivity index (χ1v) is 7.85. The molecule has 0 atom stereocenters. The standard InChI is InChI=1S/C19H13F2N5/c20-14-5-1-2-6-17(14)25-19-23-11-15(21)18(26-19)24-13-7-8-16-12(10-13)4-3-9-22-16/h1-11H,(H2,23,24,25,26). The monoisotopic (exact) mass is 349 g/mol. The maximum atomic E-state index is 14.1. The molecule has 0 spiro atoms. The Labute approximate surface area is 147 Å². The van der Waals surface area contributed by atoms with Crippen molar-refractivity contribution in [2.24, 2.45) is 0 Å². The Kier molecular flexibility index (Phi) is 4.10. The number of anilines is 4. The summed E-state index contributed by atoms with van der Waals surface area (Å²) in [5.41, 5.74) is 1.70. The maximum Gasteiger partial charge on any atom is 0.229 e. The van der Waals surface area contributed by atoms with Gasteiger partial charge in [0.1, 0.15) is 5.82 Å². The number of halogens is 2. The minimum absolute atomic E-state index is 0.0120. The van der Waals surface area contributed by atoms with Gasteiger partial charge in [-0.2, -0.15) is 4.98 Å². The van der Waals surface area contributed by atoms with Crippen LogP contribution >= 0.6 is 0 Å². The Morgan fingerprint density at radius 3 is 2.58 bits per heavy atom. The zero-order valence-electron chi connectivity index (χ0n) is 13.4. The summed E-state index contributed by atoms with van der Waals surface area (Å²) in [5.74, 6) is -0.990. The number of rotatable bonds is 4. The molecule has 2 aromatic carbocycles. The van der Waals surface area contributed by atoms with Crippen molar-refractivity contribution in [2.45, 2.75) is 0 Å². The SMILES string of the molecule is Fc1ccccc1Nc1ncc(F)c(Nc2ccc3ncccc3c2)n1. The minimum atomic E-state index is -0.615. The molecule has 128 valence electrons. The van der Waals surface area contributed by atoms with Gasteiger partial charge in [0.25, 0.3) is 0 Å². The number of pyridine rings is 1. The second kappa shape index (κ2) is 6.72. The number of nitrogens with zero attached hydrogens (tertiary/aromatic N) is 3. The van der Waals surface area contributed by atoms with Crippen molar-refractivity contribution in [2.75, 3.05) is 10.6 Å². The molecular formula is C19H13F2N5. The Bertz CT molecular complexity index is 1080. The fourth-order valence-electron chi connectivity index (χ4n) is 2.49. The summed E-state index contributed by atoms with van der Waals surface area (Å²) in [6.45, 7) is 0. The van der Waals surface area contributed by atoms with E-state index in [9.17, 15) is 8.78 Å². The first kappa shape index (κ1) is 15.9. The van der Waals surface area contributed by atoms with E-state index in [1.165, 1.54) is 6.07 Å². The van der Waals surface area contributed by atoms with Gasteiger partial charge in [-0.25, -0.2) is 13.8 Å². The van der Waals surface area contributed by atoms with Gasteiger partial charge in [-0.3, -0.25) is 4.98 Å². The highest BCUT2D eigenvalue weighted by Crippen LogP contribution is 2.23. The Morgan fingerprint density at radius 1 is 0.808 bits per heavy atom. The topological polar surface area (TPSA) is 62.7 Å². The molecule has 4 rings (SSSR count). The van der Waals surface area contributed by atoms with Gasteiger partial charge in [-0.1, -0.05) is 18.2 Å². The predicted octanol–water partition coefficient (Wildman–Crippen LogP) is 4.79. The largest absolute Gasteiger partial charge is 0.338 e. The minimum Gasteiger partial charge on any atom is -0.338 e. The van der Waals surface area contributed by atoms with Gasteiger partial charge >= 0.3 is 0 Å². The molecule has 7 heteroatoms. The van der Waals surface area contributed by atoms with Crippen molar-refractivity contribution < 1.29 is 8.78 Å². The third kappa shape index (κ3) is 3.27. The van der Waals surface area contributed by atoms with E-state index in [1.807, 2.05) is 24.3 Å². The molecule has 0 radical (unpaired) electrons. The molecule has 0 unspecified atom stereocenters. The van der Waals surface area contributed by atoms with E-state index in [2.05, 4.69) is 25.6 Å². The van der Waals surface area contributed by atoms with Crippen LogP contribution in [0.25, 0.3) is 10.9 Å². The molecule has 5 nitrogen and oxygen atoms in total. The number of aromatic nitrogens is 3. The molecular weight excluding hydrogens is 336 g/mol. The average Bonchev–Trinajstić information content (AvgIpc) is 2.66. The van der Waals surface area contributed by atoms with Crippen LogP contribution < -0.4 is 10.6 Å². The Morgan fingerprint density at radius 2 is 1.69 bits per heavy atom. The first-order valence-electron chi connectivity index (χ1n) is 7.85. The first-order chi connectivity index (χ1) is 12.7. The number of nitrogens with one attached hydrogen (secondary N) is 2. The number of hydrogen-bond donors (Lipinski definition) is 2. The summed E-state index contributed by atoms with van der Waals surface area (Å²) in [5, 5.41) is 6.57. The van der Waals surface area contributed by atoms with E-state index in [4.69, 9.17) is 0 Å². The van der Waals surface area contributed by atoms with Crippen LogP contribution in [-0.4, -0.2) is 15.0 Å². The normalized spacial score (nSPS) is 10.7. The summed E-state index contributed by atoms with van der Waals surface area (Å²) in [6.07, 6.45) is 2.74. The highest BCUT2D eigenvalue weighted by molar-refractivity contribution is 5.83. The van der Waals surface area contributed by atoms with Crippen LogP contribution in [0.4, 0.5) is 31.9 Å². The van der Waals surface area contributed by atoms with Gasteiger partial charge in [0.05, 0.1) is 17.4 Å². The van der Waals surface area contributed by atoms with Gasteiger partial charge in [0.2, 0.25) is 5.95 Å². The number of fused-ring (bicyclic) bond motifs is 1. The van der Waals surface area contributed by atoms with Crippen molar-refractivity contribution in [1.29, 1.82) is 0 Å². The molecule has 0 aliphatic rings. The maximum absolute atomic E-state index is 14.1. The molecule has 0 amide bonds. The molecule has 0 aliphatic carbocycles. The van der Waals surface area contributed by atoms with E-state index in [0.717, 1.165) is 17.1 Å². The van der Waals surface area contributed by atoms with Crippen LogP contribution in [0.2, 0.25) is 0 Å². The highest BCUT2D eigenvalue weighted by atomic mass is 19.1. The third-order valence-electron chi connectivity index (χ3n) is 3.73. The van der Waals surface area contributed by atoms with Crippen molar-refractivity contribution >= 4 is 34.0 Å². The molecule has 0 aliphatic heterocycles. The highest BCUT2D eigenvalue weighted by Gasteiger charge is 2.09. The van der Waals surface area contributed by atoms with Gasteiger partial charge in [0.15, 0.2) is 11.6 Å². The van der Waals surface area contributed by atoms with E-state index in [-0.39, 0.29) is 17.5 Å². The molecule has 2 N–H and O–H groups in total. The number of para-hydroxylation sites is 1. The molecule has 0 bridgehead atoms. The summed E-state index contributed by atoms with van der Waals surface area (Å²) in [4.78, 5) is 12.2. The van der Waals surface area contributed by atoms with E-state index < -0.39 is 11.6 Å². The van der Waals surface area contributed by atoms with Crippen LogP contribution in [0.15, 0.2) is 67.0 Å². The van der Waals surface area contributed by atoms with Gasteiger partial charge in [-0.15, -0.1) is 0 Å². The van der Waals surface area contributed by atoms with Crippen molar-refractivity contribution in [1.82, 2.24) is 15.0 Å². The van der Waals surface area contributed by atoms with Gasteiger partial charge < -0.3 is 10.6 Å². The smallest absolute Gasteiger partial charge is 0.229 e. The number of benzene rings is 2. The lowest BCUT2D eigenvalue weighted by molar-refractivity contribution is 0.619. The molecule has 0 saturated carbocycles. The molecule has 2 heterocycles. The summed E-state index contributed by atoms with van der Waals surface area (Å²) in [6, 6.07) is 15.3. The summed E-state index contributed by atoms with van der Waals surface area (Å²) >= 11 is 0. The second-order valence-corrected chi connectivity index (χ2v) is 5.53. The van der Waals surface area contributed by atoms with Gasteiger partial charge in [-0.05, 0) is 36.4 Å². The van der Waals surface area contributed by atoms with E-state index in [1.54, 1.807) is 30.5 Å². The number of hydrogen-bond acceptors (Lipinski definition) is 5. The lowest BCUT2D eigenvalue weighted by atomic mass is 10.2. The quantitative estimate of drug-likeness (QED) is 0.555. The molecule has 0 fully saturated rings. The Hall–Kier alpha value is -3.61. The van der Waals surface area contributed by atoms with Crippen LogP contribution in [0.5, 0.6) is 0 Å². The van der Waals surface area contributed by atoms with Crippen molar-refractivity contribution in [3.63, 3.8) is 0 Å². The van der Waals surface area contributed by atoms with Crippen molar-refractivity contribution in [3.05, 3.63) is 78.6 Å². The van der Waals surface area contributed by atoms with Crippen LogP contribution in [0, 0.1) is 11.6 Å². The molecule has 2 aromatic heterocycles. The van der Waals surface area contributed by atoms with E-state index >= 15 is 0 Å². The van der Waals surface area contributed by atoms with Crippen LogP contribution in [0.3, 0.4) is 0 Å². The molecule has 4 aromatic rings. The average molecular weight is 349 g/mol. The summed E-state index contributed by atoms with van der Waals surface area (Å²) < 4.78 is 27.8. The van der Waals surface area contributed by atoms with Crippen LogP contribution in [0.1, 0.15) is 0 Å². The van der Waals surface area contributed by atoms with Gasteiger partial charge in [0, 0.05) is 17.3 Å². The summed E-state index contributed by atoms with van der Waals surface area (Å²) in [7, 11) is 0. The fraction of sp³-hybridized carbons (Fsp3) is 0. The lowest BCUT2D eigenvalue weighted by Crippen LogP contribution is -2.04. The third-order valence-corrected chi connectivity index (χ3v) is 3.73. The fourth-order valence-corrected chi connectivity index (χ4v) is 2.49. The van der Waals surface area contributed by atoms with Crippen LogP contribution in [-0.2, 0) is 0 Å². The zero-order valence-corrected chi connectivity index (χ0v) is 13.4.